The number of sulfonamides is 1. The van der Waals surface area contributed by atoms with Crippen LogP contribution in [-0.2, 0) is 23.0 Å². The van der Waals surface area contributed by atoms with Crippen LogP contribution in [0.1, 0.15) is 49.8 Å². The first kappa shape index (κ1) is 16.9. The monoisotopic (exact) mass is 381 g/mol. The summed E-state index contributed by atoms with van der Waals surface area (Å²) >= 11 is 5.79. The van der Waals surface area contributed by atoms with E-state index in [2.05, 4.69) is 19.7 Å². The number of aromatic nitrogens is 4. The first-order chi connectivity index (χ1) is 12.1. The molecule has 25 heavy (non-hydrogen) atoms. The van der Waals surface area contributed by atoms with E-state index < -0.39 is 10.0 Å². The second-order valence-corrected chi connectivity index (χ2v) is 8.80. The van der Waals surface area contributed by atoms with Crippen molar-refractivity contribution in [3.05, 3.63) is 35.1 Å². The molecule has 1 saturated heterocycles. The van der Waals surface area contributed by atoms with Crippen molar-refractivity contribution < 1.29 is 8.42 Å². The van der Waals surface area contributed by atoms with Crippen LogP contribution >= 0.6 is 11.6 Å². The van der Waals surface area contributed by atoms with E-state index in [-0.39, 0.29) is 16.1 Å². The number of hydrogen-bond acceptors (Lipinski definition) is 5. The first-order valence-electron chi connectivity index (χ1n) is 8.63. The summed E-state index contributed by atoms with van der Waals surface area (Å²) in [6.45, 7) is 1.35. The highest BCUT2D eigenvalue weighted by Gasteiger charge is 2.39. The summed E-state index contributed by atoms with van der Waals surface area (Å²) in [5.74, 6) is 1.75. The SMILES string of the molecule is O=S(=O)(c1ccc(Cl)nc1)N1CCCC1c1nnc2n1CCCCC2. The van der Waals surface area contributed by atoms with E-state index in [1.54, 1.807) is 4.31 Å². The van der Waals surface area contributed by atoms with Gasteiger partial charge in [0.1, 0.15) is 15.9 Å². The highest BCUT2D eigenvalue weighted by molar-refractivity contribution is 7.89. The number of hydrogen-bond donors (Lipinski definition) is 0. The van der Waals surface area contributed by atoms with Gasteiger partial charge in [-0.25, -0.2) is 13.4 Å². The van der Waals surface area contributed by atoms with Crippen LogP contribution in [-0.4, -0.2) is 39.0 Å². The predicted molar refractivity (Wildman–Crippen MR) is 92.7 cm³/mol. The Morgan fingerprint density at radius 1 is 1.08 bits per heavy atom. The molecule has 2 aromatic heterocycles. The summed E-state index contributed by atoms with van der Waals surface area (Å²) in [6.07, 6.45) is 7.17. The van der Waals surface area contributed by atoms with Crippen LogP contribution in [0.4, 0.5) is 0 Å². The standard InChI is InChI=1S/C16H20ClN5O2S/c17-14-8-7-12(11-18-14)25(23,24)22-10-4-5-13(22)16-20-19-15-6-2-1-3-9-21(15)16/h7-8,11,13H,1-6,9-10H2. The summed E-state index contributed by atoms with van der Waals surface area (Å²) in [5, 5.41) is 8.96. The van der Waals surface area contributed by atoms with Gasteiger partial charge in [-0.1, -0.05) is 18.0 Å². The normalized spacial score (nSPS) is 21.9. The van der Waals surface area contributed by atoms with Crippen molar-refractivity contribution in [2.75, 3.05) is 6.54 Å². The van der Waals surface area contributed by atoms with E-state index in [1.807, 2.05) is 0 Å². The lowest BCUT2D eigenvalue weighted by Crippen LogP contribution is -2.32. The van der Waals surface area contributed by atoms with Gasteiger partial charge in [-0.2, -0.15) is 4.31 Å². The fourth-order valence-electron chi connectivity index (χ4n) is 3.69. The van der Waals surface area contributed by atoms with Crippen LogP contribution < -0.4 is 0 Å². The van der Waals surface area contributed by atoms with Gasteiger partial charge in [-0.3, -0.25) is 0 Å². The maximum Gasteiger partial charge on any atom is 0.245 e. The van der Waals surface area contributed by atoms with E-state index in [0.29, 0.717) is 6.54 Å². The number of nitrogens with zero attached hydrogens (tertiary/aromatic N) is 5. The Labute approximate surface area is 152 Å². The van der Waals surface area contributed by atoms with Crippen LogP contribution in [0.25, 0.3) is 0 Å². The van der Waals surface area contributed by atoms with Gasteiger partial charge in [0.2, 0.25) is 10.0 Å². The molecule has 1 unspecified atom stereocenters. The Balaban J connectivity index is 1.69. The summed E-state index contributed by atoms with van der Waals surface area (Å²) in [7, 11) is -3.64. The molecule has 4 rings (SSSR count). The molecular weight excluding hydrogens is 362 g/mol. The molecule has 134 valence electrons. The van der Waals surface area contributed by atoms with Crippen molar-refractivity contribution in [1.82, 2.24) is 24.1 Å². The van der Waals surface area contributed by atoms with Gasteiger partial charge in [-0.05, 0) is 37.8 Å². The van der Waals surface area contributed by atoms with Gasteiger partial charge < -0.3 is 4.57 Å². The average molecular weight is 382 g/mol. The number of aryl methyl sites for hydroxylation is 1. The first-order valence-corrected chi connectivity index (χ1v) is 10.4. The largest absolute Gasteiger partial charge is 0.314 e. The molecular formula is C16H20ClN5O2S. The van der Waals surface area contributed by atoms with E-state index in [1.165, 1.54) is 24.8 Å². The molecule has 4 heterocycles. The maximum absolute atomic E-state index is 13.1. The minimum Gasteiger partial charge on any atom is -0.314 e. The van der Waals surface area contributed by atoms with Crippen LogP contribution in [0.5, 0.6) is 0 Å². The zero-order valence-electron chi connectivity index (χ0n) is 13.8. The van der Waals surface area contributed by atoms with Gasteiger partial charge >= 0.3 is 0 Å². The number of halogens is 1. The minimum absolute atomic E-state index is 0.166. The second-order valence-electron chi connectivity index (χ2n) is 6.53. The molecule has 0 N–H and O–H groups in total. The zero-order chi connectivity index (χ0) is 17.4. The summed E-state index contributed by atoms with van der Waals surface area (Å²) < 4.78 is 29.8. The molecule has 2 aliphatic heterocycles. The van der Waals surface area contributed by atoms with E-state index in [4.69, 9.17) is 11.6 Å². The van der Waals surface area contributed by atoms with Crippen molar-refractivity contribution in [3.8, 4) is 0 Å². The third-order valence-electron chi connectivity index (χ3n) is 4.95. The van der Waals surface area contributed by atoms with Crippen molar-refractivity contribution in [2.24, 2.45) is 0 Å². The fraction of sp³-hybridized carbons (Fsp3) is 0.562. The second kappa shape index (κ2) is 6.66. The lowest BCUT2D eigenvalue weighted by Gasteiger charge is -2.24. The third-order valence-corrected chi connectivity index (χ3v) is 7.06. The molecule has 1 atom stereocenters. The van der Waals surface area contributed by atoms with Crippen LogP contribution in [0.3, 0.4) is 0 Å². The maximum atomic E-state index is 13.1. The van der Waals surface area contributed by atoms with Gasteiger partial charge in [0.15, 0.2) is 5.82 Å². The minimum atomic E-state index is -3.64. The molecule has 0 radical (unpaired) electrons. The van der Waals surface area contributed by atoms with E-state index >= 15 is 0 Å². The highest BCUT2D eigenvalue weighted by Crippen LogP contribution is 2.36. The fourth-order valence-corrected chi connectivity index (χ4v) is 5.40. The van der Waals surface area contributed by atoms with Gasteiger partial charge in [0, 0.05) is 25.7 Å². The Kier molecular flexibility index (Phi) is 4.51. The lowest BCUT2D eigenvalue weighted by atomic mass is 10.2. The number of pyridine rings is 1. The average Bonchev–Trinajstić information content (AvgIpc) is 3.17. The van der Waals surface area contributed by atoms with Crippen LogP contribution in [0, 0.1) is 0 Å². The quantitative estimate of drug-likeness (QED) is 0.763. The van der Waals surface area contributed by atoms with E-state index in [0.717, 1.165) is 50.3 Å². The highest BCUT2D eigenvalue weighted by atomic mass is 35.5. The van der Waals surface area contributed by atoms with Crippen molar-refractivity contribution in [1.29, 1.82) is 0 Å². The molecule has 2 aromatic rings. The summed E-state index contributed by atoms with van der Waals surface area (Å²) in [5.41, 5.74) is 0. The van der Waals surface area contributed by atoms with Crippen molar-refractivity contribution in [3.63, 3.8) is 0 Å². The molecule has 2 aliphatic rings. The molecule has 7 nitrogen and oxygen atoms in total. The summed E-state index contributed by atoms with van der Waals surface area (Å²) in [6, 6.07) is 2.74. The van der Waals surface area contributed by atoms with Gasteiger partial charge in [-0.15, -0.1) is 10.2 Å². The molecule has 0 aliphatic carbocycles. The topological polar surface area (TPSA) is 81.0 Å². The summed E-state index contributed by atoms with van der Waals surface area (Å²) in [4.78, 5) is 4.08. The molecule has 0 bridgehead atoms. The van der Waals surface area contributed by atoms with Gasteiger partial charge in [0.25, 0.3) is 0 Å². The molecule has 1 fully saturated rings. The molecule has 0 aromatic carbocycles. The Hall–Kier alpha value is -1.51. The molecule has 0 saturated carbocycles. The Morgan fingerprint density at radius 2 is 1.96 bits per heavy atom. The molecule has 0 amide bonds. The van der Waals surface area contributed by atoms with Crippen LogP contribution in [0.15, 0.2) is 23.2 Å². The molecule has 0 spiro atoms. The van der Waals surface area contributed by atoms with E-state index in [9.17, 15) is 8.42 Å². The smallest absolute Gasteiger partial charge is 0.245 e. The number of rotatable bonds is 3. The third kappa shape index (κ3) is 3.07. The Bertz CT molecular complexity index is 865. The number of fused-ring (bicyclic) bond motifs is 1. The van der Waals surface area contributed by atoms with Crippen molar-refractivity contribution in [2.45, 2.75) is 56.0 Å². The van der Waals surface area contributed by atoms with Crippen LogP contribution in [0.2, 0.25) is 5.15 Å². The lowest BCUT2D eigenvalue weighted by molar-refractivity contribution is 0.370. The Morgan fingerprint density at radius 3 is 2.76 bits per heavy atom. The zero-order valence-corrected chi connectivity index (χ0v) is 15.4. The predicted octanol–water partition coefficient (Wildman–Crippen LogP) is 2.58. The molecule has 9 heteroatoms. The van der Waals surface area contributed by atoms with Gasteiger partial charge in [0.05, 0.1) is 6.04 Å². The van der Waals surface area contributed by atoms with Crippen molar-refractivity contribution >= 4 is 21.6 Å².